The van der Waals surface area contributed by atoms with Gasteiger partial charge in [-0.15, -0.1) is 0 Å². The van der Waals surface area contributed by atoms with Gasteiger partial charge in [0, 0.05) is 6.61 Å². The smallest absolute Gasteiger partial charge is 0.335 e. The van der Waals surface area contributed by atoms with Crippen LogP contribution in [0.15, 0.2) is 48.5 Å². The van der Waals surface area contributed by atoms with Gasteiger partial charge in [0.25, 0.3) is 0 Å². The fraction of sp³-hybridized carbons (Fsp3) is 0.519. The summed E-state index contributed by atoms with van der Waals surface area (Å²) < 4.78 is 16.7. The second-order valence-electron chi connectivity index (χ2n) is 7.94. The molecule has 0 aliphatic carbocycles. The minimum absolute atomic E-state index is 0.317. The van der Waals surface area contributed by atoms with Crippen LogP contribution in [0.5, 0.6) is 5.75 Å². The molecule has 0 N–H and O–H groups in total. The molecule has 0 saturated carbocycles. The molecule has 4 nitrogen and oxygen atoms in total. The van der Waals surface area contributed by atoms with E-state index >= 15 is 0 Å². The highest BCUT2D eigenvalue weighted by Gasteiger charge is 2.18. The number of carbonyl (C=O) groups is 1. The van der Waals surface area contributed by atoms with E-state index < -0.39 is 6.10 Å². The first-order valence-corrected chi connectivity index (χ1v) is 11.7. The van der Waals surface area contributed by atoms with Crippen molar-refractivity contribution in [3.05, 3.63) is 54.1 Å². The first-order valence-electron chi connectivity index (χ1n) is 11.7. The van der Waals surface area contributed by atoms with Crippen LogP contribution < -0.4 is 4.74 Å². The molecule has 0 saturated heterocycles. The maximum atomic E-state index is 12.0. The van der Waals surface area contributed by atoms with E-state index in [2.05, 4.69) is 31.2 Å². The molecule has 0 heterocycles. The largest absolute Gasteiger partial charge is 0.494 e. The summed E-state index contributed by atoms with van der Waals surface area (Å²) in [5.41, 5.74) is 3.21. The monoisotopic (exact) mass is 426 g/mol. The zero-order valence-electron chi connectivity index (χ0n) is 19.6. The molecule has 170 valence electrons. The molecule has 31 heavy (non-hydrogen) atoms. The second-order valence-corrected chi connectivity index (χ2v) is 7.94. The Bertz CT molecular complexity index is 752. The number of carbonyl (C=O) groups excluding carboxylic acids is 1. The lowest BCUT2D eigenvalue weighted by molar-refractivity contribution is -0.160. The van der Waals surface area contributed by atoms with E-state index in [0.717, 1.165) is 35.5 Å². The lowest BCUT2D eigenvalue weighted by atomic mass is 10.0. The first-order chi connectivity index (χ1) is 15.0. The lowest BCUT2D eigenvalue weighted by Crippen LogP contribution is -2.24. The van der Waals surface area contributed by atoms with Gasteiger partial charge in [0.15, 0.2) is 6.10 Å². The van der Waals surface area contributed by atoms with Crippen molar-refractivity contribution < 1.29 is 19.0 Å². The molecule has 2 atom stereocenters. The number of ether oxygens (including phenoxy) is 3. The molecule has 2 aromatic carbocycles. The van der Waals surface area contributed by atoms with E-state index in [1.54, 1.807) is 6.92 Å². The molecular weight excluding hydrogens is 388 g/mol. The fourth-order valence-corrected chi connectivity index (χ4v) is 3.42. The van der Waals surface area contributed by atoms with Crippen molar-refractivity contribution >= 4 is 5.97 Å². The number of rotatable bonds is 14. The van der Waals surface area contributed by atoms with Crippen LogP contribution in [-0.2, 0) is 14.3 Å². The Morgan fingerprint density at radius 2 is 1.39 bits per heavy atom. The van der Waals surface area contributed by atoms with Gasteiger partial charge in [-0.3, -0.25) is 0 Å². The van der Waals surface area contributed by atoms with Crippen molar-refractivity contribution in [3.8, 4) is 16.9 Å². The van der Waals surface area contributed by atoms with Crippen molar-refractivity contribution in [3.63, 3.8) is 0 Å². The maximum absolute atomic E-state index is 12.0. The predicted molar refractivity (Wildman–Crippen MR) is 126 cm³/mol. The van der Waals surface area contributed by atoms with Crippen molar-refractivity contribution in [2.75, 3.05) is 13.2 Å². The summed E-state index contributed by atoms with van der Waals surface area (Å²) in [6, 6.07) is 16.3. The summed E-state index contributed by atoms with van der Waals surface area (Å²) in [5, 5.41) is 0. The van der Waals surface area contributed by atoms with E-state index in [1.165, 1.54) is 32.1 Å². The van der Waals surface area contributed by atoms with Gasteiger partial charge in [-0.2, -0.15) is 0 Å². The average Bonchev–Trinajstić information content (AvgIpc) is 2.79. The summed E-state index contributed by atoms with van der Waals surface area (Å²) in [7, 11) is 0. The predicted octanol–water partition coefficient (Wildman–Crippen LogP) is 7.12. The van der Waals surface area contributed by atoms with Crippen LogP contribution in [0.1, 0.15) is 77.9 Å². The van der Waals surface area contributed by atoms with Crippen LogP contribution in [0, 0.1) is 0 Å². The molecular formula is C27H38O4. The number of unbranched alkanes of at least 4 members (excludes halogenated alkanes) is 5. The Morgan fingerprint density at radius 3 is 2.00 bits per heavy atom. The van der Waals surface area contributed by atoms with Gasteiger partial charge in [-0.25, -0.2) is 4.79 Å². The summed E-state index contributed by atoms with van der Waals surface area (Å²) >= 11 is 0. The van der Waals surface area contributed by atoms with Gasteiger partial charge in [0.1, 0.15) is 11.9 Å². The van der Waals surface area contributed by atoms with E-state index in [-0.39, 0.29) is 12.1 Å². The Kier molecular flexibility index (Phi) is 11.2. The van der Waals surface area contributed by atoms with Crippen LogP contribution in [0.25, 0.3) is 11.1 Å². The van der Waals surface area contributed by atoms with Gasteiger partial charge in [-0.05, 0) is 56.0 Å². The second kappa shape index (κ2) is 13.9. The maximum Gasteiger partial charge on any atom is 0.335 e. The Balaban J connectivity index is 1.82. The minimum atomic E-state index is -0.548. The van der Waals surface area contributed by atoms with Crippen molar-refractivity contribution in [1.82, 2.24) is 0 Å². The Hall–Kier alpha value is -2.33. The number of benzene rings is 2. The van der Waals surface area contributed by atoms with E-state index in [4.69, 9.17) is 14.2 Å². The quantitative estimate of drug-likeness (QED) is 0.238. The van der Waals surface area contributed by atoms with Gasteiger partial charge >= 0.3 is 5.97 Å². The van der Waals surface area contributed by atoms with Crippen molar-refractivity contribution in [2.24, 2.45) is 0 Å². The lowest BCUT2D eigenvalue weighted by Gasteiger charge is -2.17. The summed E-state index contributed by atoms with van der Waals surface area (Å²) in [6.45, 7) is 8.95. The van der Waals surface area contributed by atoms with Crippen LogP contribution in [0.4, 0.5) is 0 Å². The molecule has 0 spiro atoms. The van der Waals surface area contributed by atoms with Crippen LogP contribution in [-0.4, -0.2) is 25.3 Å². The molecule has 0 fully saturated rings. The molecule has 2 rings (SSSR count). The van der Waals surface area contributed by atoms with Crippen LogP contribution >= 0.6 is 0 Å². The molecule has 2 aromatic rings. The van der Waals surface area contributed by atoms with Gasteiger partial charge in [-0.1, -0.05) is 75.4 Å². The van der Waals surface area contributed by atoms with Gasteiger partial charge in [0.2, 0.25) is 0 Å². The fourth-order valence-electron chi connectivity index (χ4n) is 3.42. The topological polar surface area (TPSA) is 44.8 Å². The number of hydrogen-bond acceptors (Lipinski definition) is 4. The molecule has 0 radical (unpaired) electrons. The van der Waals surface area contributed by atoms with Gasteiger partial charge < -0.3 is 14.2 Å². The number of esters is 1. The summed E-state index contributed by atoms with van der Waals surface area (Å²) in [5.74, 6) is 0.577. The van der Waals surface area contributed by atoms with Crippen molar-refractivity contribution in [1.29, 1.82) is 0 Å². The highest BCUT2D eigenvalue weighted by molar-refractivity contribution is 5.74. The third-order valence-electron chi connectivity index (χ3n) is 5.38. The first kappa shape index (κ1) is 24.9. The molecule has 0 aromatic heterocycles. The standard InChI is InChI=1S/C27H38O4/c1-5-7-8-9-10-11-20-30-26-18-16-25(17-19-26)24-14-12-23(13-15-24)21(3)31-27(28)22(4)29-6-2/h12-19,21-22H,5-11,20H2,1-4H3. The zero-order valence-corrected chi connectivity index (χ0v) is 19.6. The van der Waals surface area contributed by atoms with Gasteiger partial charge in [0.05, 0.1) is 6.61 Å². The average molecular weight is 427 g/mol. The molecule has 0 aliphatic heterocycles. The summed E-state index contributed by atoms with van der Waals surface area (Å²) in [6.07, 6.45) is 6.73. The summed E-state index contributed by atoms with van der Waals surface area (Å²) in [4.78, 5) is 12.0. The van der Waals surface area contributed by atoms with E-state index in [0.29, 0.717) is 6.61 Å². The van der Waals surface area contributed by atoms with E-state index in [1.807, 2.05) is 38.1 Å². The third-order valence-corrected chi connectivity index (χ3v) is 5.38. The highest BCUT2D eigenvalue weighted by Crippen LogP contribution is 2.25. The highest BCUT2D eigenvalue weighted by atomic mass is 16.6. The molecule has 0 aliphatic rings. The Labute approximate surface area is 187 Å². The van der Waals surface area contributed by atoms with E-state index in [9.17, 15) is 4.79 Å². The minimum Gasteiger partial charge on any atom is -0.494 e. The zero-order chi connectivity index (χ0) is 22.5. The molecule has 0 amide bonds. The molecule has 0 bridgehead atoms. The molecule has 4 heteroatoms. The number of hydrogen-bond donors (Lipinski definition) is 0. The van der Waals surface area contributed by atoms with Crippen molar-refractivity contribution in [2.45, 2.75) is 78.4 Å². The molecule has 2 unspecified atom stereocenters. The Morgan fingerprint density at radius 1 is 0.806 bits per heavy atom. The SMILES string of the molecule is CCCCCCCCOc1ccc(-c2ccc(C(C)OC(=O)C(C)OCC)cc2)cc1. The van der Waals surface area contributed by atoms with Crippen LogP contribution in [0.2, 0.25) is 0 Å². The third kappa shape index (κ3) is 8.74. The van der Waals surface area contributed by atoms with Crippen LogP contribution in [0.3, 0.4) is 0 Å². The normalized spacial score (nSPS) is 12.9.